The molecule has 0 N–H and O–H groups in total. The molecule has 2 nitrogen and oxygen atoms in total. The third-order valence-electron chi connectivity index (χ3n) is 8.68. The minimum Gasteiger partial charge on any atom is -0.233 e. The third kappa shape index (κ3) is 5.02. The van der Waals surface area contributed by atoms with Gasteiger partial charge in [-0.15, -0.1) is 11.3 Å². The average Bonchev–Trinajstić information content (AvgIpc) is 3.66. The zero-order valence-corrected chi connectivity index (χ0v) is 25.8. The number of thiophene rings is 1. The van der Waals surface area contributed by atoms with Crippen LogP contribution >= 0.6 is 11.3 Å². The van der Waals surface area contributed by atoms with Gasteiger partial charge in [0, 0.05) is 37.0 Å². The number of hydrogen-bond acceptors (Lipinski definition) is 2. The van der Waals surface area contributed by atoms with E-state index < -0.39 is 0 Å². The Balaban J connectivity index is 1.23. The summed E-state index contributed by atoms with van der Waals surface area (Å²) < 4.78 is 2.48. The maximum absolute atomic E-state index is 5.10. The van der Waals surface area contributed by atoms with Crippen molar-refractivity contribution in [3.05, 3.63) is 174 Å². The molecule has 0 spiro atoms. The lowest BCUT2D eigenvalue weighted by Crippen LogP contribution is -2.04. The first-order valence-electron chi connectivity index (χ1n) is 15.2. The first-order valence-corrected chi connectivity index (χ1v) is 16.0. The summed E-state index contributed by atoms with van der Waals surface area (Å²) in [5.74, 6) is 0.651. The topological polar surface area (TPSA) is 24.7 Å². The summed E-state index contributed by atoms with van der Waals surface area (Å²) >= 11 is 1.81. The van der Waals surface area contributed by atoms with Crippen LogP contribution in [0.2, 0.25) is 0 Å². The third-order valence-corrected chi connectivity index (χ3v) is 9.81. The SMILES string of the molecule is C=C(N=C(N=C(C)c1ccccc1)c1ccccc1)c1cccc2sc3ccc(-c4ccc5c(c4)-c4ccccc4C5)cc3c12. The van der Waals surface area contributed by atoms with E-state index in [1.165, 1.54) is 53.6 Å². The van der Waals surface area contributed by atoms with E-state index in [4.69, 9.17) is 9.98 Å². The molecular weight excluding hydrogens is 565 g/mol. The molecule has 0 bridgehead atoms. The van der Waals surface area contributed by atoms with Crippen LogP contribution < -0.4 is 0 Å². The molecule has 7 aromatic rings. The first-order chi connectivity index (χ1) is 22.1. The zero-order valence-electron chi connectivity index (χ0n) is 25.0. The fourth-order valence-electron chi connectivity index (χ4n) is 6.38. The zero-order chi connectivity index (χ0) is 30.3. The van der Waals surface area contributed by atoms with Gasteiger partial charge in [-0.1, -0.05) is 122 Å². The number of amidine groups is 1. The minimum atomic E-state index is 0.651. The van der Waals surface area contributed by atoms with Crippen molar-refractivity contribution >= 4 is 48.8 Å². The molecule has 1 aliphatic rings. The monoisotopic (exact) mass is 594 g/mol. The second-order valence-electron chi connectivity index (χ2n) is 11.5. The van der Waals surface area contributed by atoms with Crippen molar-refractivity contribution < 1.29 is 0 Å². The van der Waals surface area contributed by atoms with Gasteiger partial charge in [-0.3, -0.25) is 0 Å². The smallest absolute Gasteiger partial charge is 0.160 e. The lowest BCUT2D eigenvalue weighted by Gasteiger charge is -2.09. The summed E-state index contributed by atoms with van der Waals surface area (Å²) in [6, 6.07) is 49.4. The van der Waals surface area contributed by atoms with Crippen molar-refractivity contribution in [3.63, 3.8) is 0 Å². The second kappa shape index (κ2) is 11.3. The van der Waals surface area contributed by atoms with Gasteiger partial charge in [-0.25, -0.2) is 9.98 Å². The van der Waals surface area contributed by atoms with Gasteiger partial charge in [0.15, 0.2) is 5.84 Å². The van der Waals surface area contributed by atoms with Crippen LogP contribution in [0.4, 0.5) is 0 Å². The van der Waals surface area contributed by atoms with E-state index in [-0.39, 0.29) is 0 Å². The van der Waals surface area contributed by atoms with Gasteiger partial charge in [0.1, 0.15) is 0 Å². The Hall–Kier alpha value is -5.38. The molecule has 0 saturated carbocycles. The Bertz CT molecular complexity index is 2310. The fraction of sp³-hybridized carbons (Fsp3) is 0.0476. The van der Waals surface area contributed by atoms with Crippen LogP contribution in [0.25, 0.3) is 48.1 Å². The molecule has 0 unspecified atom stereocenters. The molecule has 8 rings (SSSR count). The van der Waals surface area contributed by atoms with Crippen LogP contribution in [0.5, 0.6) is 0 Å². The van der Waals surface area contributed by atoms with Crippen LogP contribution in [-0.2, 0) is 6.42 Å². The van der Waals surface area contributed by atoms with Crippen molar-refractivity contribution in [2.45, 2.75) is 13.3 Å². The van der Waals surface area contributed by atoms with Crippen LogP contribution in [0.1, 0.15) is 34.7 Å². The Morgan fingerprint density at radius 3 is 2.11 bits per heavy atom. The number of nitrogens with zero attached hydrogens (tertiary/aromatic N) is 2. The highest BCUT2D eigenvalue weighted by Crippen LogP contribution is 2.42. The predicted octanol–water partition coefficient (Wildman–Crippen LogP) is 11.2. The molecule has 0 saturated heterocycles. The van der Waals surface area contributed by atoms with Gasteiger partial charge in [0.25, 0.3) is 0 Å². The van der Waals surface area contributed by atoms with Gasteiger partial charge >= 0.3 is 0 Å². The van der Waals surface area contributed by atoms with Crippen molar-refractivity contribution in [2.24, 2.45) is 9.98 Å². The molecule has 1 heterocycles. The number of fused-ring (bicyclic) bond motifs is 6. The second-order valence-corrected chi connectivity index (χ2v) is 12.6. The lowest BCUT2D eigenvalue weighted by molar-refractivity contribution is 1.26. The number of hydrogen-bond donors (Lipinski definition) is 0. The fourth-order valence-corrected chi connectivity index (χ4v) is 7.49. The van der Waals surface area contributed by atoms with E-state index in [2.05, 4.69) is 110 Å². The van der Waals surface area contributed by atoms with Gasteiger partial charge in [-0.05, 0) is 76.6 Å². The first kappa shape index (κ1) is 27.2. The predicted molar refractivity (Wildman–Crippen MR) is 194 cm³/mol. The molecule has 6 aromatic carbocycles. The van der Waals surface area contributed by atoms with Crippen molar-refractivity contribution in [1.82, 2.24) is 0 Å². The summed E-state index contributed by atoms with van der Waals surface area (Å²) in [7, 11) is 0. The Labute approximate surface area is 267 Å². The molecule has 1 aliphatic carbocycles. The molecule has 0 amide bonds. The standard InChI is InChI=1S/C42H30N2S/c1-27(29-12-5-3-6-13-29)43-42(30-14-7-4-8-15-30)44-28(2)35-18-11-19-40-41(35)38-26-32(22-23-39(38)45-40)31-20-21-34-24-33-16-9-10-17-36(33)37(34)25-31/h3-23,25-26H,2,24H2,1H3. The van der Waals surface area contributed by atoms with E-state index in [9.17, 15) is 0 Å². The number of aliphatic imine (C=N–C) groups is 2. The summed E-state index contributed by atoms with van der Waals surface area (Å²) in [4.78, 5) is 10.1. The van der Waals surface area contributed by atoms with E-state index in [1.54, 1.807) is 0 Å². The molecule has 0 aliphatic heterocycles. The largest absolute Gasteiger partial charge is 0.233 e. The van der Waals surface area contributed by atoms with Gasteiger partial charge in [0.05, 0.1) is 5.70 Å². The molecule has 3 heteroatoms. The van der Waals surface area contributed by atoms with Gasteiger partial charge < -0.3 is 0 Å². The highest BCUT2D eigenvalue weighted by atomic mass is 32.1. The Morgan fingerprint density at radius 2 is 1.29 bits per heavy atom. The van der Waals surface area contributed by atoms with Crippen molar-refractivity contribution in [1.29, 1.82) is 0 Å². The van der Waals surface area contributed by atoms with Crippen LogP contribution in [0.3, 0.4) is 0 Å². The maximum Gasteiger partial charge on any atom is 0.160 e. The average molecular weight is 595 g/mol. The lowest BCUT2D eigenvalue weighted by atomic mass is 9.96. The van der Waals surface area contributed by atoms with E-state index in [1.807, 2.05) is 54.7 Å². The molecule has 0 atom stereocenters. The van der Waals surface area contributed by atoms with Crippen molar-refractivity contribution in [2.75, 3.05) is 0 Å². The Kier molecular flexibility index (Phi) is 6.81. The van der Waals surface area contributed by atoms with Gasteiger partial charge in [0.2, 0.25) is 0 Å². The number of benzene rings is 6. The molecule has 214 valence electrons. The summed E-state index contributed by atoms with van der Waals surface area (Å²) in [6.07, 6.45) is 1.01. The molecule has 0 fully saturated rings. The minimum absolute atomic E-state index is 0.651. The van der Waals surface area contributed by atoms with E-state index in [0.717, 1.165) is 28.8 Å². The summed E-state index contributed by atoms with van der Waals surface area (Å²) in [5.41, 5.74) is 12.6. The van der Waals surface area contributed by atoms with Crippen LogP contribution in [0.15, 0.2) is 156 Å². The highest BCUT2D eigenvalue weighted by molar-refractivity contribution is 7.25. The van der Waals surface area contributed by atoms with Crippen molar-refractivity contribution in [3.8, 4) is 22.3 Å². The Morgan fingerprint density at radius 1 is 0.600 bits per heavy atom. The normalized spacial score (nSPS) is 12.8. The number of rotatable bonds is 5. The van der Waals surface area contributed by atoms with E-state index >= 15 is 0 Å². The van der Waals surface area contributed by atoms with Gasteiger partial charge in [-0.2, -0.15) is 0 Å². The molecule has 45 heavy (non-hydrogen) atoms. The van der Waals surface area contributed by atoms with Crippen LogP contribution in [0, 0.1) is 0 Å². The maximum atomic E-state index is 5.10. The summed E-state index contributed by atoms with van der Waals surface area (Å²) in [5, 5.41) is 2.42. The molecule has 0 radical (unpaired) electrons. The molecular formula is C42H30N2S. The van der Waals surface area contributed by atoms with E-state index in [0.29, 0.717) is 11.5 Å². The van der Waals surface area contributed by atoms with Crippen LogP contribution in [-0.4, -0.2) is 11.5 Å². The highest BCUT2D eigenvalue weighted by Gasteiger charge is 2.19. The summed E-state index contributed by atoms with van der Waals surface area (Å²) in [6.45, 7) is 6.53. The quantitative estimate of drug-likeness (QED) is 0.140. The molecule has 1 aromatic heterocycles.